The van der Waals surface area contributed by atoms with Gasteiger partial charge in [-0.2, -0.15) is 0 Å². The van der Waals surface area contributed by atoms with Gasteiger partial charge >= 0.3 is 0 Å². The summed E-state index contributed by atoms with van der Waals surface area (Å²) >= 11 is 0. The second-order valence-corrected chi connectivity index (χ2v) is 4.90. The normalized spacial score (nSPS) is 15.5. The first-order chi connectivity index (χ1) is 9.28. The van der Waals surface area contributed by atoms with Crippen LogP contribution >= 0.6 is 0 Å². The van der Waals surface area contributed by atoms with Gasteiger partial charge in [-0.25, -0.2) is 4.98 Å². The Labute approximate surface area is 112 Å². The zero-order valence-electron chi connectivity index (χ0n) is 11.0. The molecule has 0 spiro atoms. The van der Waals surface area contributed by atoms with Crippen molar-refractivity contribution in [3.8, 4) is 0 Å². The van der Waals surface area contributed by atoms with E-state index in [1.807, 2.05) is 17.8 Å². The lowest BCUT2D eigenvalue weighted by atomic mass is 9.99. The number of hydrazine groups is 1. The van der Waals surface area contributed by atoms with Gasteiger partial charge in [-0.05, 0) is 16.7 Å². The SMILES string of the molecule is Cn1ccnc1CC(NN)c1ccc2c(c1)COC2. The Morgan fingerprint density at radius 2 is 2.26 bits per heavy atom. The summed E-state index contributed by atoms with van der Waals surface area (Å²) in [6, 6.07) is 6.48. The van der Waals surface area contributed by atoms with Gasteiger partial charge in [0.05, 0.1) is 19.3 Å². The van der Waals surface area contributed by atoms with Crippen LogP contribution in [-0.2, 0) is 31.4 Å². The Bertz CT molecular complexity index is 579. The smallest absolute Gasteiger partial charge is 0.110 e. The number of aryl methyl sites for hydroxylation is 1. The molecule has 19 heavy (non-hydrogen) atoms. The Morgan fingerprint density at radius 1 is 1.42 bits per heavy atom. The molecular weight excluding hydrogens is 240 g/mol. The van der Waals surface area contributed by atoms with Crippen LogP contribution < -0.4 is 11.3 Å². The molecule has 0 saturated carbocycles. The summed E-state index contributed by atoms with van der Waals surface area (Å²) in [4.78, 5) is 4.34. The van der Waals surface area contributed by atoms with E-state index < -0.39 is 0 Å². The van der Waals surface area contributed by atoms with E-state index in [2.05, 4.69) is 28.6 Å². The van der Waals surface area contributed by atoms with Crippen molar-refractivity contribution in [2.75, 3.05) is 0 Å². The summed E-state index contributed by atoms with van der Waals surface area (Å²) in [6.45, 7) is 1.42. The summed E-state index contributed by atoms with van der Waals surface area (Å²) < 4.78 is 7.45. The second kappa shape index (κ2) is 5.13. The highest BCUT2D eigenvalue weighted by molar-refractivity contribution is 5.34. The predicted octanol–water partition coefficient (Wildman–Crippen LogP) is 1.20. The molecular formula is C14H18N4O. The summed E-state index contributed by atoms with van der Waals surface area (Å²) in [5, 5.41) is 0. The van der Waals surface area contributed by atoms with Crippen molar-refractivity contribution < 1.29 is 4.74 Å². The summed E-state index contributed by atoms with van der Waals surface area (Å²) in [7, 11) is 1.99. The molecule has 3 rings (SSSR count). The van der Waals surface area contributed by atoms with Crippen LogP contribution in [0.3, 0.4) is 0 Å². The van der Waals surface area contributed by atoms with E-state index in [1.165, 1.54) is 16.7 Å². The number of ether oxygens (including phenoxy) is 1. The molecule has 0 amide bonds. The average Bonchev–Trinajstić information content (AvgIpc) is 3.04. The molecule has 3 N–H and O–H groups in total. The number of fused-ring (bicyclic) bond motifs is 1. The van der Waals surface area contributed by atoms with Gasteiger partial charge in [0.2, 0.25) is 0 Å². The maximum absolute atomic E-state index is 5.70. The molecule has 0 saturated heterocycles. The molecule has 5 heteroatoms. The third-order valence-corrected chi connectivity index (χ3v) is 3.66. The molecule has 0 fully saturated rings. The summed E-state index contributed by atoms with van der Waals surface area (Å²) in [5.74, 6) is 6.71. The van der Waals surface area contributed by atoms with E-state index in [9.17, 15) is 0 Å². The molecule has 0 bridgehead atoms. The van der Waals surface area contributed by atoms with Gasteiger partial charge in [0.25, 0.3) is 0 Å². The van der Waals surface area contributed by atoms with E-state index in [0.29, 0.717) is 6.61 Å². The minimum absolute atomic E-state index is 0.0620. The maximum atomic E-state index is 5.70. The fourth-order valence-electron chi connectivity index (χ4n) is 2.46. The number of aromatic nitrogens is 2. The molecule has 2 aromatic rings. The largest absolute Gasteiger partial charge is 0.372 e. The molecule has 0 aliphatic carbocycles. The first kappa shape index (κ1) is 12.3. The number of hydrogen-bond donors (Lipinski definition) is 2. The molecule has 1 aliphatic heterocycles. The zero-order valence-corrected chi connectivity index (χ0v) is 11.0. The fraction of sp³-hybridized carbons (Fsp3) is 0.357. The number of nitrogens with one attached hydrogen (secondary N) is 1. The molecule has 1 aliphatic rings. The number of nitrogens with two attached hydrogens (primary N) is 1. The number of benzene rings is 1. The number of nitrogens with zero attached hydrogens (tertiary/aromatic N) is 2. The van der Waals surface area contributed by atoms with Gasteiger partial charge in [0, 0.05) is 25.9 Å². The van der Waals surface area contributed by atoms with Crippen LogP contribution in [0, 0.1) is 0 Å². The van der Waals surface area contributed by atoms with Crippen molar-refractivity contribution >= 4 is 0 Å². The van der Waals surface area contributed by atoms with Crippen molar-refractivity contribution in [1.82, 2.24) is 15.0 Å². The third kappa shape index (κ3) is 2.40. The van der Waals surface area contributed by atoms with E-state index in [1.54, 1.807) is 6.20 Å². The lowest BCUT2D eigenvalue weighted by Gasteiger charge is -2.17. The average molecular weight is 258 g/mol. The summed E-state index contributed by atoms with van der Waals surface area (Å²) in [5.41, 5.74) is 6.59. The topological polar surface area (TPSA) is 65.1 Å². The molecule has 5 nitrogen and oxygen atoms in total. The van der Waals surface area contributed by atoms with Gasteiger partial charge in [-0.1, -0.05) is 18.2 Å². The molecule has 1 atom stereocenters. The van der Waals surface area contributed by atoms with Crippen LogP contribution in [0.15, 0.2) is 30.6 Å². The Balaban J connectivity index is 1.84. The van der Waals surface area contributed by atoms with E-state index in [4.69, 9.17) is 10.6 Å². The lowest BCUT2D eigenvalue weighted by Crippen LogP contribution is -2.30. The minimum atomic E-state index is 0.0620. The van der Waals surface area contributed by atoms with Crippen LogP contribution in [0.25, 0.3) is 0 Å². The maximum Gasteiger partial charge on any atom is 0.110 e. The quantitative estimate of drug-likeness (QED) is 0.639. The monoisotopic (exact) mass is 258 g/mol. The van der Waals surface area contributed by atoms with Gasteiger partial charge in [-0.3, -0.25) is 11.3 Å². The summed E-state index contributed by atoms with van der Waals surface area (Å²) in [6.07, 6.45) is 4.51. The predicted molar refractivity (Wildman–Crippen MR) is 71.9 cm³/mol. The van der Waals surface area contributed by atoms with Crippen molar-refractivity contribution in [2.45, 2.75) is 25.7 Å². The Kier molecular flexibility index (Phi) is 3.33. The standard InChI is InChI=1S/C14H18N4O/c1-18-5-4-16-14(18)7-13(17-15)10-2-3-11-8-19-9-12(11)6-10/h2-6,13,17H,7-9,15H2,1H3. The second-order valence-electron chi connectivity index (χ2n) is 4.90. The number of imidazole rings is 1. The van der Waals surface area contributed by atoms with Gasteiger partial charge in [-0.15, -0.1) is 0 Å². The van der Waals surface area contributed by atoms with Gasteiger partial charge in [0.15, 0.2) is 0 Å². The molecule has 1 aromatic heterocycles. The Morgan fingerprint density at radius 3 is 3.00 bits per heavy atom. The number of rotatable bonds is 4. The molecule has 1 unspecified atom stereocenters. The van der Waals surface area contributed by atoms with E-state index in [-0.39, 0.29) is 6.04 Å². The van der Waals surface area contributed by atoms with Crippen molar-refractivity contribution in [2.24, 2.45) is 12.9 Å². The highest BCUT2D eigenvalue weighted by Crippen LogP contribution is 2.25. The highest BCUT2D eigenvalue weighted by Gasteiger charge is 2.17. The van der Waals surface area contributed by atoms with Crippen LogP contribution in [0.4, 0.5) is 0 Å². The fourth-order valence-corrected chi connectivity index (χ4v) is 2.46. The zero-order chi connectivity index (χ0) is 13.2. The van der Waals surface area contributed by atoms with Gasteiger partial charge in [0.1, 0.15) is 5.82 Å². The molecule has 2 heterocycles. The lowest BCUT2D eigenvalue weighted by molar-refractivity contribution is 0.134. The first-order valence-electron chi connectivity index (χ1n) is 6.39. The first-order valence-corrected chi connectivity index (χ1v) is 6.39. The van der Waals surface area contributed by atoms with Crippen molar-refractivity contribution in [3.05, 3.63) is 53.1 Å². The van der Waals surface area contributed by atoms with Crippen molar-refractivity contribution in [1.29, 1.82) is 0 Å². The van der Waals surface area contributed by atoms with Crippen LogP contribution in [0.2, 0.25) is 0 Å². The highest BCUT2D eigenvalue weighted by atomic mass is 16.5. The van der Waals surface area contributed by atoms with E-state index >= 15 is 0 Å². The third-order valence-electron chi connectivity index (χ3n) is 3.66. The minimum Gasteiger partial charge on any atom is -0.372 e. The van der Waals surface area contributed by atoms with Crippen LogP contribution in [0.1, 0.15) is 28.6 Å². The Hall–Kier alpha value is -1.69. The molecule has 0 radical (unpaired) electrons. The van der Waals surface area contributed by atoms with Crippen LogP contribution in [-0.4, -0.2) is 9.55 Å². The molecule has 100 valence electrons. The van der Waals surface area contributed by atoms with E-state index in [0.717, 1.165) is 18.9 Å². The molecule has 1 aromatic carbocycles. The van der Waals surface area contributed by atoms with Crippen LogP contribution in [0.5, 0.6) is 0 Å². The van der Waals surface area contributed by atoms with Gasteiger partial charge < -0.3 is 9.30 Å². The van der Waals surface area contributed by atoms with Crippen molar-refractivity contribution in [3.63, 3.8) is 0 Å². The number of hydrogen-bond acceptors (Lipinski definition) is 4.